The molecule has 1 aromatic carbocycles. The molecule has 1 aromatic heterocycles. The van der Waals surface area contributed by atoms with E-state index < -0.39 is 28.7 Å². The Morgan fingerprint density at radius 2 is 1.86 bits per heavy atom. The van der Waals surface area contributed by atoms with Crippen molar-refractivity contribution in [2.75, 3.05) is 0 Å². The van der Waals surface area contributed by atoms with Gasteiger partial charge in [0.1, 0.15) is 37.1 Å². The summed E-state index contributed by atoms with van der Waals surface area (Å²) in [6.07, 6.45) is 0. The van der Waals surface area contributed by atoms with Gasteiger partial charge in [-0.15, -0.1) is 0 Å². The van der Waals surface area contributed by atoms with Crippen molar-refractivity contribution in [3.8, 4) is 22.9 Å². The number of pyridine rings is 1. The van der Waals surface area contributed by atoms with Crippen molar-refractivity contribution in [2.24, 2.45) is 0 Å². The summed E-state index contributed by atoms with van der Waals surface area (Å²) in [6, 6.07) is 8.21. The number of carbonyl (C=O) groups is 2. The number of carbonyl (C=O) groups excluding carboxylic acids is 2. The van der Waals surface area contributed by atoms with Crippen molar-refractivity contribution in [2.45, 2.75) is 5.34 Å². The molecule has 7 nitrogen and oxygen atoms in total. The minimum absolute atomic E-state index is 0.0991. The molecular weight excluding hydrogens is 362 g/mol. The molecular formula is C15H4B7N3O4. The fraction of sp³-hybridized carbons (Fsp3) is 0.0667. The maximum Gasteiger partial charge on any atom is 0.378 e. The van der Waals surface area contributed by atoms with E-state index in [1.807, 2.05) is 6.07 Å². The standard InChI is InChI=1S/C15H4B7N3O4/c16-9-8(7-3-1-2-6(4-7)5-23)12(17)24-10(11(9)28-21)13(26)25(20)15(18,19)14(27)29-22/h1-4H. The normalized spacial score (nSPS) is 10.6. The fourth-order valence-electron chi connectivity index (χ4n) is 2.39. The number of rotatable bonds is 5. The van der Waals surface area contributed by atoms with Crippen LogP contribution < -0.4 is 15.7 Å². The van der Waals surface area contributed by atoms with E-state index in [2.05, 4.69) is 14.3 Å². The Hall–Kier alpha value is -2.95. The molecule has 0 N–H and O–H groups in total. The quantitative estimate of drug-likeness (QED) is 0.518. The lowest BCUT2D eigenvalue weighted by atomic mass is 9.59. The Labute approximate surface area is 176 Å². The van der Waals surface area contributed by atoms with E-state index in [0.717, 1.165) is 0 Å². The molecule has 0 aliphatic rings. The highest BCUT2D eigenvalue weighted by molar-refractivity contribution is 6.54. The van der Waals surface area contributed by atoms with Crippen molar-refractivity contribution in [1.82, 2.24) is 9.79 Å². The molecule has 0 fully saturated rings. The molecule has 124 valence electrons. The second-order valence-corrected chi connectivity index (χ2v) is 5.68. The monoisotopic (exact) mass is 367 g/mol. The SMILES string of the molecule is [B]OC(=O)C([B])([B])N([B])C(=O)c1nc([B])c(-c2cccc(C#N)c2)c([B])c1O[B]. The topological polar surface area (TPSA) is 92.5 Å². The lowest BCUT2D eigenvalue weighted by molar-refractivity contribution is -0.136. The third-order valence-electron chi connectivity index (χ3n) is 3.87. The van der Waals surface area contributed by atoms with E-state index in [1.165, 1.54) is 6.07 Å². The molecule has 0 aliphatic carbocycles. The van der Waals surface area contributed by atoms with E-state index in [4.69, 9.17) is 60.7 Å². The van der Waals surface area contributed by atoms with Gasteiger partial charge in [-0.1, -0.05) is 12.1 Å². The lowest BCUT2D eigenvalue weighted by Gasteiger charge is -2.35. The van der Waals surface area contributed by atoms with Crippen molar-refractivity contribution in [3.05, 3.63) is 35.5 Å². The van der Waals surface area contributed by atoms with Crippen LogP contribution in [0.1, 0.15) is 16.1 Å². The molecule has 0 saturated carbocycles. The van der Waals surface area contributed by atoms with Gasteiger partial charge in [-0.2, -0.15) is 5.26 Å². The Bertz CT molecular complexity index is 1030. The van der Waals surface area contributed by atoms with Gasteiger partial charge in [-0.3, -0.25) is 14.6 Å². The van der Waals surface area contributed by atoms with E-state index in [-0.39, 0.29) is 21.4 Å². The van der Waals surface area contributed by atoms with Crippen LogP contribution in [0.15, 0.2) is 24.3 Å². The first-order chi connectivity index (χ1) is 13.6. The number of hydrogen-bond acceptors (Lipinski definition) is 6. The molecule has 0 unspecified atom stereocenters. The van der Waals surface area contributed by atoms with Gasteiger partial charge in [0.15, 0.2) is 5.69 Å². The van der Waals surface area contributed by atoms with Crippen LogP contribution in [0.3, 0.4) is 0 Å². The van der Waals surface area contributed by atoms with Crippen LogP contribution in [0.2, 0.25) is 0 Å². The zero-order valence-corrected chi connectivity index (χ0v) is 14.8. The van der Waals surface area contributed by atoms with Crippen molar-refractivity contribution in [3.63, 3.8) is 0 Å². The van der Waals surface area contributed by atoms with E-state index >= 15 is 0 Å². The highest BCUT2D eigenvalue weighted by Crippen LogP contribution is 2.23. The summed E-state index contributed by atoms with van der Waals surface area (Å²) in [5.74, 6) is -3.07. The molecule has 0 saturated heterocycles. The predicted octanol–water partition coefficient (Wildman–Crippen LogP) is -3.19. The predicted molar refractivity (Wildman–Crippen MR) is 110 cm³/mol. The Kier molecular flexibility index (Phi) is 6.63. The maximum atomic E-state index is 12.7. The van der Waals surface area contributed by atoms with Crippen LogP contribution in [-0.2, 0) is 9.45 Å². The summed E-state index contributed by atoms with van der Waals surface area (Å²) in [4.78, 5) is 28.3. The molecule has 2 aromatic rings. The van der Waals surface area contributed by atoms with Crippen LogP contribution in [0.25, 0.3) is 11.1 Å². The number of amides is 1. The van der Waals surface area contributed by atoms with E-state index in [9.17, 15) is 9.59 Å². The van der Waals surface area contributed by atoms with Gasteiger partial charge in [0.2, 0.25) is 7.98 Å². The molecule has 1 amide bonds. The highest BCUT2D eigenvalue weighted by atomic mass is 16.5. The molecule has 0 atom stereocenters. The highest BCUT2D eigenvalue weighted by Gasteiger charge is 2.36. The van der Waals surface area contributed by atoms with Crippen LogP contribution in [0.4, 0.5) is 0 Å². The Balaban J connectivity index is 2.63. The largest absolute Gasteiger partial charge is 0.567 e. The molecule has 0 bridgehead atoms. The summed E-state index contributed by atoms with van der Waals surface area (Å²) in [5, 5.41) is 6.41. The summed E-state index contributed by atoms with van der Waals surface area (Å²) in [5.41, 5.74) is -0.122. The summed E-state index contributed by atoms with van der Waals surface area (Å²) >= 11 is 0. The zero-order chi connectivity index (χ0) is 21.9. The van der Waals surface area contributed by atoms with Gasteiger partial charge < -0.3 is 14.1 Å². The summed E-state index contributed by atoms with van der Waals surface area (Å²) < 4.78 is 8.60. The maximum absolute atomic E-state index is 12.7. The Morgan fingerprint density at radius 1 is 1.21 bits per heavy atom. The fourth-order valence-corrected chi connectivity index (χ4v) is 2.39. The molecule has 14 heteroatoms. The molecule has 14 radical (unpaired) electrons. The molecule has 29 heavy (non-hydrogen) atoms. The van der Waals surface area contributed by atoms with Crippen LogP contribution >= 0.6 is 0 Å². The lowest BCUT2D eigenvalue weighted by Crippen LogP contribution is -2.58. The number of benzene rings is 1. The van der Waals surface area contributed by atoms with Gasteiger partial charge in [-0.05, 0) is 34.3 Å². The van der Waals surface area contributed by atoms with Crippen molar-refractivity contribution < 1.29 is 18.9 Å². The summed E-state index contributed by atoms with van der Waals surface area (Å²) in [6.45, 7) is 0. The Morgan fingerprint density at radius 3 is 2.41 bits per heavy atom. The smallest absolute Gasteiger partial charge is 0.378 e. The molecule has 0 aliphatic heterocycles. The van der Waals surface area contributed by atoms with Gasteiger partial charge in [0.05, 0.1) is 11.6 Å². The van der Waals surface area contributed by atoms with Gasteiger partial charge >= 0.3 is 16.1 Å². The second kappa shape index (κ2) is 8.60. The van der Waals surface area contributed by atoms with E-state index in [0.29, 0.717) is 11.1 Å². The van der Waals surface area contributed by atoms with Gasteiger partial charge in [0.25, 0.3) is 11.9 Å². The second-order valence-electron chi connectivity index (χ2n) is 5.68. The first kappa shape index (κ1) is 22.3. The first-order valence-corrected chi connectivity index (χ1v) is 7.64. The number of nitrogens with zero attached hydrogens (tertiary/aromatic N) is 3. The van der Waals surface area contributed by atoms with Gasteiger partial charge in [0, 0.05) is 5.34 Å². The first-order valence-electron chi connectivity index (χ1n) is 7.64. The number of nitriles is 1. The number of hydrogen-bond donors (Lipinski definition) is 0. The third-order valence-corrected chi connectivity index (χ3v) is 3.87. The van der Waals surface area contributed by atoms with Gasteiger partial charge in [-0.25, -0.2) is 0 Å². The van der Waals surface area contributed by atoms with Crippen molar-refractivity contribution >= 4 is 78.4 Å². The van der Waals surface area contributed by atoms with Crippen LogP contribution in [0.5, 0.6) is 5.75 Å². The zero-order valence-electron chi connectivity index (χ0n) is 14.8. The molecule has 0 spiro atoms. The van der Waals surface area contributed by atoms with Crippen molar-refractivity contribution in [1.29, 1.82) is 5.26 Å². The third kappa shape index (κ3) is 4.09. The molecule has 2 rings (SSSR count). The van der Waals surface area contributed by atoms with Crippen LogP contribution in [-0.4, -0.2) is 82.5 Å². The molecule has 1 heterocycles. The average molecular weight is 366 g/mol. The minimum atomic E-state index is -2.65. The van der Waals surface area contributed by atoms with E-state index in [1.54, 1.807) is 18.2 Å². The van der Waals surface area contributed by atoms with Crippen LogP contribution in [0, 0.1) is 11.3 Å². The number of aromatic nitrogens is 1. The summed E-state index contributed by atoms with van der Waals surface area (Å²) in [7, 11) is 38.5. The average Bonchev–Trinajstić information content (AvgIpc) is 2.71. The minimum Gasteiger partial charge on any atom is -0.567 e.